The summed E-state index contributed by atoms with van der Waals surface area (Å²) in [5, 5.41) is 0. The van der Waals surface area contributed by atoms with Crippen LogP contribution in [0.1, 0.15) is 38.2 Å². The van der Waals surface area contributed by atoms with Crippen LogP contribution in [-0.2, 0) is 0 Å². The number of rotatable bonds is 4. The van der Waals surface area contributed by atoms with Crippen molar-refractivity contribution in [3.05, 3.63) is 46.5 Å². The Labute approximate surface area is 117 Å². The molecule has 1 aromatic carbocycles. The average molecular weight is 270 g/mol. The van der Waals surface area contributed by atoms with Gasteiger partial charge in [0.15, 0.2) is 0 Å². The van der Waals surface area contributed by atoms with Gasteiger partial charge in [-0.25, -0.2) is 4.98 Å². The summed E-state index contributed by atoms with van der Waals surface area (Å²) >= 11 is 0. The molecule has 4 heteroatoms. The second kappa shape index (κ2) is 5.12. The van der Waals surface area contributed by atoms with Gasteiger partial charge in [-0.3, -0.25) is 4.79 Å². The molecule has 0 amide bonds. The molecule has 3 rings (SSSR count). The van der Waals surface area contributed by atoms with E-state index < -0.39 is 0 Å². The minimum atomic E-state index is -0.0664. The molecule has 0 atom stereocenters. The molecule has 0 spiro atoms. The molecule has 1 aromatic heterocycles. The first kappa shape index (κ1) is 12.9. The van der Waals surface area contributed by atoms with E-state index in [4.69, 9.17) is 4.74 Å². The molecular formula is C16H18N2O2. The first-order chi connectivity index (χ1) is 9.65. The summed E-state index contributed by atoms with van der Waals surface area (Å²) in [6.07, 6.45) is 4.15. The van der Waals surface area contributed by atoms with Gasteiger partial charge in [-0.2, -0.15) is 0 Å². The molecule has 1 N–H and O–H groups in total. The lowest BCUT2D eigenvalue weighted by Gasteiger charge is -2.11. The molecule has 1 aliphatic carbocycles. The maximum absolute atomic E-state index is 12.0. The van der Waals surface area contributed by atoms with Crippen molar-refractivity contribution in [2.75, 3.05) is 0 Å². The van der Waals surface area contributed by atoms with Crippen molar-refractivity contribution in [3.63, 3.8) is 0 Å². The van der Waals surface area contributed by atoms with Gasteiger partial charge in [0.1, 0.15) is 5.75 Å². The van der Waals surface area contributed by atoms with Crippen LogP contribution in [0.5, 0.6) is 5.75 Å². The molecule has 1 saturated carbocycles. The molecule has 104 valence electrons. The van der Waals surface area contributed by atoms with Crippen molar-refractivity contribution in [3.8, 4) is 17.0 Å². The Morgan fingerprint density at radius 3 is 2.55 bits per heavy atom. The number of benzene rings is 1. The number of H-pyrrole nitrogens is 1. The van der Waals surface area contributed by atoms with Gasteiger partial charge in [-0.15, -0.1) is 0 Å². The Morgan fingerprint density at radius 1 is 1.25 bits per heavy atom. The first-order valence-electron chi connectivity index (χ1n) is 7.00. The summed E-state index contributed by atoms with van der Waals surface area (Å²) in [4.78, 5) is 18.9. The Morgan fingerprint density at radius 2 is 1.95 bits per heavy atom. The summed E-state index contributed by atoms with van der Waals surface area (Å²) in [7, 11) is 0. The summed E-state index contributed by atoms with van der Waals surface area (Å²) < 4.78 is 5.73. The van der Waals surface area contributed by atoms with Gasteiger partial charge < -0.3 is 9.72 Å². The molecule has 1 fully saturated rings. The van der Waals surface area contributed by atoms with E-state index in [0.717, 1.165) is 35.4 Å². The number of hydrogen-bond acceptors (Lipinski definition) is 3. The topological polar surface area (TPSA) is 55.0 Å². The highest BCUT2D eigenvalue weighted by molar-refractivity contribution is 5.63. The average Bonchev–Trinajstić information content (AvgIpc) is 3.23. The minimum absolute atomic E-state index is 0.0664. The second-order valence-corrected chi connectivity index (χ2v) is 5.49. The monoisotopic (exact) mass is 270 g/mol. The van der Waals surface area contributed by atoms with Crippen molar-refractivity contribution in [1.29, 1.82) is 0 Å². The molecule has 0 radical (unpaired) electrons. The molecular weight excluding hydrogens is 252 g/mol. The minimum Gasteiger partial charge on any atom is -0.490 e. The van der Waals surface area contributed by atoms with Gasteiger partial charge in [-0.1, -0.05) is 13.8 Å². The number of aromatic amines is 1. The lowest BCUT2D eigenvalue weighted by atomic mass is 9.98. The van der Waals surface area contributed by atoms with E-state index in [0.29, 0.717) is 6.10 Å². The van der Waals surface area contributed by atoms with Crippen molar-refractivity contribution >= 4 is 0 Å². The molecule has 1 heterocycles. The summed E-state index contributed by atoms with van der Waals surface area (Å²) in [6, 6.07) is 7.82. The lowest BCUT2D eigenvalue weighted by molar-refractivity contribution is 0.303. The van der Waals surface area contributed by atoms with Gasteiger partial charge >= 0.3 is 0 Å². The van der Waals surface area contributed by atoms with E-state index in [1.807, 2.05) is 38.1 Å². The maximum Gasteiger partial charge on any atom is 0.254 e. The van der Waals surface area contributed by atoms with Crippen LogP contribution in [0.2, 0.25) is 0 Å². The predicted octanol–water partition coefficient (Wildman–Crippen LogP) is 3.10. The van der Waals surface area contributed by atoms with Crippen LogP contribution < -0.4 is 10.3 Å². The fraction of sp³-hybridized carbons (Fsp3) is 0.375. The van der Waals surface area contributed by atoms with Crippen LogP contribution in [0.25, 0.3) is 11.3 Å². The SMILES string of the molecule is CC(C)c1c(-c2ccc(OC3CC3)cc2)nc[nH]c1=O. The van der Waals surface area contributed by atoms with Crippen molar-refractivity contribution in [2.45, 2.75) is 38.7 Å². The zero-order chi connectivity index (χ0) is 14.1. The van der Waals surface area contributed by atoms with Crippen LogP contribution in [0, 0.1) is 0 Å². The fourth-order valence-electron chi connectivity index (χ4n) is 2.25. The van der Waals surface area contributed by atoms with E-state index >= 15 is 0 Å². The van der Waals surface area contributed by atoms with Gasteiger partial charge in [0.05, 0.1) is 18.1 Å². The van der Waals surface area contributed by atoms with Gasteiger partial charge in [0.2, 0.25) is 0 Å². The number of ether oxygens (including phenoxy) is 1. The number of aromatic nitrogens is 2. The Hall–Kier alpha value is -2.10. The van der Waals surface area contributed by atoms with E-state index in [1.165, 1.54) is 6.33 Å². The van der Waals surface area contributed by atoms with E-state index in [1.54, 1.807) is 0 Å². The van der Waals surface area contributed by atoms with Crippen molar-refractivity contribution in [2.24, 2.45) is 0 Å². The third kappa shape index (κ3) is 2.59. The molecule has 0 unspecified atom stereocenters. The highest BCUT2D eigenvalue weighted by Gasteiger charge is 2.23. The van der Waals surface area contributed by atoms with Gasteiger partial charge in [-0.05, 0) is 43.0 Å². The Balaban J connectivity index is 1.96. The molecule has 0 bridgehead atoms. The van der Waals surface area contributed by atoms with Crippen molar-refractivity contribution < 1.29 is 4.74 Å². The van der Waals surface area contributed by atoms with Crippen LogP contribution in [-0.4, -0.2) is 16.1 Å². The van der Waals surface area contributed by atoms with Crippen LogP contribution in [0.4, 0.5) is 0 Å². The van der Waals surface area contributed by atoms with E-state index in [2.05, 4.69) is 9.97 Å². The Kier molecular flexibility index (Phi) is 3.30. The fourth-order valence-corrected chi connectivity index (χ4v) is 2.25. The smallest absolute Gasteiger partial charge is 0.254 e. The second-order valence-electron chi connectivity index (χ2n) is 5.49. The lowest BCUT2D eigenvalue weighted by Crippen LogP contribution is -2.16. The summed E-state index contributed by atoms with van der Waals surface area (Å²) in [5.41, 5.74) is 2.36. The predicted molar refractivity (Wildman–Crippen MR) is 78.0 cm³/mol. The van der Waals surface area contributed by atoms with Crippen LogP contribution in [0.3, 0.4) is 0 Å². The summed E-state index contributed by atoms with van der Waals surface area (Å²) in [6.45, 7) is 4.00. The zero-order valence-electron chi connectivity index (χ0n) is 11.7. The van der Waals surface area contributed by atoms with Crippen LogP contribution in [0.15, 0.2) is 35.4 Å². The molecule has 4 nitrogen and oxygen atoms in total. The highest BCUT2D eigenvalue weighted by atomic mass is 16.5. The van der Waals surface area contributed by atoms with Crippen LogP contribution >= 0.6 is 0 Å². The largest absolute Gasteiger partial charge is 0.490 e. The first-order valence-corrected chi connectivity index (χ1v) is 7.00. The van der Waals surface area contributed by atoms with E-state index in [9.17, 15) is 4.79 Å². The molecule has 0 saturated heterocycles. The van der Waals surface area contributed by atoms with E-state index in [-0.39, 0.29) is 11.5 Å². The quantitative estimate of drug-likeness (QED) is 0.928. The molecule has 0 aliphatic heterocycles. The number of nitrogens with zero attached hydrogens (tertiary/aromatic N) is 1. The molecule has 2 aromatic rings. The third-order valence-electron chi connectivity index (χ3n) is 3.42. The maximum atomic E-state index is 12.0. The van der Waals surface area contributed by atoms with Crippen molar-refractivity contribution in [1.82, 2.24) is 9.97 Å². The van der Waals surface area contributed by atoms with Gasteiger partial charge in [0, 0.05) is 11.1 Å². The standard InChI is InChI=1S/C16H18N2O2/c1-10(2)14-15(17-9-18-16(14)19)11-3-5-12(6-4-11)20-13-7-8-13/h3-6,9-10,13H,7-8H2,1-2H3,(H,17,18,19). The molecule has 1 aliphatic rings. The normalized spacial score (nSPS) is 14.6. The summed E-state index contributed by atoms with van der Waals surface area (Å²) in [5.74, 6) is 1.01. The Bertz CT molecular complexity index is 655. The number of nitrogens with one attached hydrogen (secondary N) is 1. The number of hydrogen-bond donors (Lipinski definition) is 1. The molecule has 20 heavy (non-hydrogen) atoms. The third-order valence-corrected chi connectivity index (χ3v) is 3.42. The van der Waals surface area contributed by atoms with Gasteiger partial charge in [0.25, 0.3) is 5.56 Å². The highest BCUT2D eigenvalue weighted by Crippen LogP contribution is 2.29. The zero-order valence-corrected chi connectivity index (χ0v) is 11.7.